The molecular weight excluding hydrogens is 538 g/mol. The van der Waals surface area contributed by atoms with Crippen LogP contribution in [0, 0.1) is 5.92 Å². The van der Waals surface area contributed by atoms with Crippen LogP contribution in [0.4, 0.5) is 10.5 Å². The normalized spacial score (nSPS) is 22.3. The first-order valence-electron chi connectivity index (χ1n) is 14.8. The third kappa shape index (κ3) is 6.11. The number of carbonyl (C=O) groups is 4. The number of ether oxygens (including phenoxy) is 1. The van der Waals surface area contributed by atoms with Crippen molar-refractivity contribution in [3.63, 3.8) is 0 Å². The number of hydrogen-bond donors (Lipinski definition) is 1. The summed E-state index contributed by atoms with van der Waals surface area (Å²) in [5, 5.41) is 10.5. The zero-order chi connectivity index (χ0) is 29.8. The van der Waals surface area contributed by atoms with Gasteiger partial charge in [0.25, 0.3) is 0 Å². The molecule has 1 aromatic carbocycles. The van der Waals surface area contributed by atoms with Crippen LogP contribution in [0.15, 0.2) is 42.7 Å². The molecule has 3 unspecified atom stereocenters. The lowest BCUT2D eigenvalue weighted by molar-refractivity contribution is -0.143. The number of carbonyl (C=O) groups excluding carboxylic acids is 3. The Morgan fingerprint density at radius 2 is 2.02 bits per heavy atom. The highest BCUT2D eigenvalue weighted by Crippen LogP contribution is 2.41. The number of aliphatic carboxylic acids is 1. The molecule has 0 radical (unpaired) electrons. The molecule has 3 aliphatic heterocycles. The van der Waals surface area contributed by atoms with E-state index in [0.717, 1.165) is 36.1 Å². The van der Waals surface area contributed by atoms with Gasteiger partial charge < -0.3 is 19.6 Å². The van der Waals surface area contributed by atoms with Gasteiger partial charge in [0, 0.05) is 64.2 Å². The Labute approximate surface area is 246 Å². The molecule has 3 atom stereocenters. The van der Waals surface area contributed by atoms with E-state index in [4.69, 9.17) is 4.74 Å². The van der Waals surface area contributed by atoms with E-state index in [-0.39, 0.29) is 49.7 Å². The quantitative estimate of drug-likeness (QED) is 0.433. The number of imide groups is 1. The third-order valence-electron chi connectivity index (χ3n) is 8.68. The van der Waals surface area contributed by atoms with Crippen LogP contribution in [-0.4, -0.2) is 101 Å². The zero-order valence-electron chi connectivity index (χ0n) is 24.3. The number of nitrogens with zero attached hydrogens (tertiary/aromatic N) is 5. The van der Waals surface area contributed by atoms with Crippen molar-refractivity contribution in [1.29, 1.82) is 0 Å². The zero-order valence-corrected chi connectivity index (χ0v) is 24.3. The number of likely N-dealkylation sites (tertiary alicyclic amines) is 1. The molecular formula is C31H39N5O6. The minimum atomic E-state index is -0.958. The van der Waals surface area contributed by atoms with Crippen molar-refractivity contribution in [2.45, 2.75) is 51.0 Å². The van der Waals surface area contributed by atoms with Crippen molar-refractivity contribution in [1.82, 2.24) is 19.7 Å². The average molecular weight is 578 g/mol. The number of anilines is 1. The molecule has 4 heterocycles. The van der Waals surface area contributed by atoms with E-state index in [1.165, 1.54) is 9.80 Å². The van der Waals surface area contributed by atoms with Crippen LogP contribution in [0.25, 0.3) is 0 Å². The van der Waals surface area contributed by atoms with E-state index in [1.54, 1.807) is 30.4 Å². The number of hydrogen-bond acceptors (Lipinski definition) is 7. The monoisotopic (exact) mass is 577 g/mol. The van der Waals surface area contributed by atoms with E-state index in [2.05, 4.69) is 11.9 Å². The standard InChI is InChI=1S/C31H39N5O6/c1-3-4-13-35(23-6-5-12-32-18-23)28(38)20-34-19-24(21-7-8-26-22(17-21)11-16-42-26)29(30(39)40)25(34)9-15-36-27(37)10-14-33(2)31(36)41/h5-8,12,17-18,24-25,29H,3-4,9-11,13-16,19-20H2,1-2H3,(H,39,40). The van der Waals surface area contributed by atoms with Gasteiger partial charge in [-0.25, -0.2) is 4.79 Å². The van der Waals surface area contributed by atoms with Gasteiger partial charge in [-0.05, 0) is 42.2 Å². The van der Waals surface area contributed by atoms with Crippen molar-refractivity contribution in [2.24, 2.45) is 5.92 Å². The van der Waals surface area contributed by atoms with Crippen molar-refractivity contribution < 1.29 is 29.0 Å². The summed E-state index contributed by atoms with van der Waals surface area (Å²) in [6, 6.07) is 8.55. The second kappa shape index (κ2) is 12.9. The number of urea groups is 1. The van der Waals surface area contributed by atoms with Gasteiger partial charge in [0.15, 0.2) is 0 Å². The molecule has 1 aromatic heterocycles. The molecule has 224 valence electrons. The van der Waals surface area contributed by atoms with E-state index >= 15 is 0 Å². The number of rotatable bonds is 11. The smallest absolute Gasteiger partial charge is 0.326 e. The van der Waals surface area contributed by atoms with Crippen molar-refractivity contribution in [3.8, 4) is 5.75 Å². The Kier molecular flexibility index (Phi) is 9.06. The second-order valence-corrected chi connectivity index (χ2v) is 11.3. The Hall–Kier alpha value is -3.99. The summed E-state index contributed by atoms with van der Waals surface area (Å²) >= 11 is 0. The van der Waals surface area contributed by atoms with Gasteiger partial charge in [0.05, 0.1) is 31.0 Å². The maximum Gasteiger partial charge on any atom is 0.326 e. The molecule has 2 saturated heterocycles. The summed E-state index contributed by atoms with van der Waals surface area (Å²) in [6.45, 7) is 4.02. The first kappa shape index (κ1) is 29.5. The van der Waals surface area contributed by atoms with Gasteiger partial charge in [-0.15, -0.1) is 0 Å². The fourth-order valence-electron chi connectivity index (χ4n) is 6.40. The van der Waals surface area contributed by atoms with Crippen molar-refractivity contribution in [2.75, 3.05) is 51.3 Å². The number of aromatic nitrogens is 1. The van der Waals surface area contributed by atoms with Crippen LogP contribution >= 0.6 is 0 Å². The maximum atomic E-state index is 13.8. The molecule has 42 heavy (non-hydrogen) atoms. The number of amides is 4. The molecule has 0 spiro atoms. The largest absolute Gasteiger partial charge is 0.493 e. The summed E-state index contributed by atoms with van der Waals surface area (Å²) in [7, 11) is 1.65. The predicted octanol–water partition coefficient (Wildman–Crippen LogP) is 2.99. The fourth-order valence-corrected chi connectivity index (χ4v) is 6.40. The third-order valence-corrected chi connectivity index (χ3v) is 8.68. The molecule has 1 N–H and O–H groups in total. The van der Waals surface area contributed by atoms with E-state index in [9.17, 15) is 24.3 Å². The van der Waals surface area contributed by atoms with Crippen molar-refractivity contribution >= 4 is 29.5 Å². The molecule has 11 heteroatoms. The second-order valence-electron chi connectivity index (χ2n) is 11.3. The average Bonchev–Trinajstić information content (AvgIpc) is 3.60. The van der Waals surface area contributed by atoms with E-state index in [0.29, 0.717) is 31.9 Å². The Morgan fingerprint density at radius 3 is 2.76 bits per heavy atom. The molecule has 0 aliphatic carbocycles. The van der Waals surface area contributed by atoms with Gasteiger partial charge >= 0.3 is 12.0 Å². The fraction of sp³-hybridized carbons (Fsp3) is 0.516. The molecule has 2 aromatic rings. The highest BCUT2D eigenvalue weighted by molar-refractivity contribution is 5.97. The number of carboxylic acid groups (broad SMARTS) is 1. The first-order valence-corrected chi connectivity index (χ1v) is 14.8. The van der Waals surface area contributed by atoms with Crippen LogP contribution in [-0.2, 0) is 20.8 Å². The summed E-state index contributed by atoms with van der Waals surface area (Å²) in [6.07, 6.45) is 6.30. The number of carboxylic acids is 1. The highest BCUT2D eigenvalue weighted by Gasteiger charge is 2.48. The minimum absolute atomic E-state index is 0.0133. The molecule has 0 saturated carbocycles. The van der Waals surface area contributed by atoms with Gasteiger partial charge in [0.2, 0.25) is 11.8 Å². The molecule has 3 aliphatic rings. The summed E-state index contributed by atoms with van der Waals surface area (Å²) in [4.78, 5) is 62.7. The van der Waals surface area contributed by atoms with E-state index in [1.807, 2.05) is 29.2 Å². The topological polar surface area (TPSA) is 124 Å². The molecule has 11 nitrogen and oxygen atoms in total. The molecule has 4 amide bonds. The minimum Gasteiger partial charge on any atom is -0.493 e. The van der Waals surface area contributed by atoms with Crippen LogP contribution in [0.5, 0.6) is 5.75 Å². The Bertz CT molecular complexity index is 1320. The Balaban J connectivity index is 1.44. The van der Waals surface area contributed by atoms with Gasteiger partial charge in [-0.3, -0.25) is 29.2 Å². The van der Waals surface area contributed by atoms with Crippen LogP contribution in [0.1, 0.15) is 49.7 Å². The summed E-state index contributed by atoms with van der Waals surface area (Å²) in [5.74, 6) is -1.74. The number of unbranched alkanes of at least 4 members (excludes halogenated alkanes) is 1. The lowest BCUT2D eigenvalue weighted by Gasteiger charge is -2.34. The highest BCUT2D eigenvalue weighted by atomic mass is 16.5. The number of fused-ring (bicyclic) bond motifs is 1. The van der Waals surface area contributed by atoms with Crippen molar-refractivity contribution in [3.05, 3.63) is 53.9 Å². The molecule has 0 bridgehead atoms. The summed E-state index contributed by atoms with van der Waals surface area (Å²) in [5.41, 5.74) is 2.65. The lowest BCUT2D eigenvalue weighted by atomic mass is 9.83. The van der Waals surface area contributed by atoms with Gasteiger partial charge in [-0.2, -0.15) is 0 Å². The number of pyridine rings is 1. The van der Waals surface area contributed by atoms with Crippen LogP contribution < -0.4 is 9.64 Å². The Morgan fingerprint density at radius 1 is 1.19 bits per heavy atom. The van der Waals surface area contributed by atoms with Crippen LogP contribution in [0.3, 0.4) is 0 Å². The maximum absolute atomic E-state index is 13.8. The van der Waals surface area contributed by atoms with Gasteiger partial charge in [0.1, 0.15) is 5.75 Å². The number of benzene rings is 1. The van der Waals surface area contributed by atoms with Crippen LogP contribution in [0.2, 0.25) is 0 Å². The first-order chi connectivity index (χ1) is 20.3. The molecule has 5 rings (SSSR count). The lowest BCUT2D eigenvalue weighted by Crippen LogP contribution is -2.52. The van der Waals surface area contributed by atoms with E-state index < -0.39 is 17.9 Å². The summed E-state index contributed by atoms with van der Waals surface area (Å²) < 4.78 is 5.66. The molecule has 2 fully saturated rings. The SMILES string of the molecule is CCCCN(C(=O)CN1CC(c2ccc3c(c2)CCO3)C(C(=O)O)C1CCN1C(=O)CCN(C)C1=O)c1cccnc1. The predicted molar refractivity (Wildman–Crippen MR) is 155 cm³/mol. The van der Waals surface area contributed by atoms with Gasteiger partial charge in [-0.1, -0.05) is 25.5 Å².